The Kier molecular flexibility index (Phi) is 5.33. The van der Waals surface area contributed by atoms with Crippen LogP contribution in [0.25, 0.3) is 10.9 Å². The SMILES string of the molecule is CN(C)C(=NCc1ccccc1)NCCc1c[nH]c2cc(F)ccc12. The summed E-state index contributed by atoms with van der Waals surface area (Å²) in [4.78, 5) is 9.77. The molecule has 0 spiro atoms. The molecule has 0 unspecified atom stereocenters. The van der Waals surface area contributed by atoms with Gasteiger partial charge < -0.3 is 15.2 Å². The molecular weight excluding hydrogens is 315 g/mol. The Balaban J connectivity index is 1.61. The fraction of sp³-hybridized carbons (Fsp3) is 0.250. The molecule has 0 aliphatic heterocycles. The standard InChI is InChI=1S/C20H23FN4/c1-25(2)20(24-13-15-6-4-3-5-7-15)22-11-10-16-14-23-19-12-17(21)8-9-18(16)19/h3-9,12,14,23H,10-11,13H2,1-2H3,(H,22,24). The molecule has 0 radical (unpaired) electrons. The van der Waals surface area contributed by atoms with E-state index in [2.05, 4.69) is 27.4 Å². The smallest absolute Gasteiger partial charge is 0.193 e. The van der Waals surface area contributed by atoms with Gasteiger partial charge in [-0.3, -0.25) is 0 Å². The van der Waals surface area contributed by atoms with Crippen LogP contribution in [0.3, 0.4) is 0 Å². The summed E-state index contributed by atoms with van der Waals surface area (Å²) in [5, 5.41) is 4.46. The Labute approximate surface area is 147 Å². The summed E-state index contributed by atoms with van der Waals surface area (Å²) in [6.07, 6.45) is 2.78. The van der Waals surface area contributed by atoms with Gasteiger partial charge in [-0.25, -0.2) is 9.38 Å². The van der Waals surface area contributed by atoms with Crippen LogP contribution in [0.15, 0.2) is 59.7 Å². The number of fused-ring (bicyclic) bond motifs is 1. The normalized spacial score (nSPS) is 11.7. The second kappa shape index (κ2) is 7.83. The van der Waals surface area contributed by atoms with Crippen molar-refractivity contribution >= 4 is 16.9 Å². The summed E-state index contributed by atoms with van der Waals surface area (Å²) in [5.41, 5.74) is 3.19. The molecule has 0 atom stereocenters. The number of hydrogen-bond donors (Lipinski definition) is 2. The molecule has 25 heavy (non-hydrogen) atoms. The summed E-state index contributed by atoms with van der Waals surface area (Å²) in [5.74, 6) is 0.636. The van der Waals surface area contributed by atoms with Crippen LogP contribution in [0.1, 0.15) is 11.1 Å². The number of rotatable bonds is 5. The van der Waals surface area contributed by atoms with Crippen LogP contribution in [0, 0.1) is 5.82 Å². The number of aromatic nitrogens is 1. The molecule has 0 fully saturated rings. The van der Waals surface area contributed by atoms with Gasteiger partial charge in [-0.15, -0.1) is 0 Å². The van der Waals surface area contributed by atoms with E-state index in [0.717, 1.165) is 29.8 Å². The highest BCUT2D eigenvalue weighted by Crippen LogP contribution is 2.19. The molecule has 5 heteroatoms. The summed E-state index contributed by atoms with van der Waals surface area (Å²) >= 11 is 0. The minimum absolute atomic E-state index is 0.220. The average molecular weight is 338 g/mol. The minimum Gasteiger partial charge on any atom is -0.361 e. The molecular formula is C20H23FN4. The number of H-pyrrole nitrogens is 1. The van der Waals surface area contributed by atoms with Crippen LogP contribution in [0.5, 0.6) is 0 Å². The van der Waals surface area contributed by atoms with Crippen molar-refractivity contribution < 1.29 is 4.39 Å². The van der Waals surface area contributed by atoms with E-state index < -0.39 is 0 Å². The van der Waals surface area contributed by atoms with Gasteiger partial charge in [0, 0.05) is 37.7 Å². The van der Waals surface area contributed by atoms with E-state index >= 15 is 0 Å². The van der Waals surface area contributed by atoms with E-state index in [1.54, 1.807) is 0 Å². The first kappa shape index (κ1) is 17.0. The molecule has 0 saturated carbocycles. The highest BCUT2D eigenvalue weighted by atomic mass is 19.1. The predicted molar refractivity (Wildman–Crippen MR) is 101 cm³/mol. The molecule has 1 heterocycles. The van der Waals surface area contributed by atoms with Gasteiger partial charge in [0.25, 0.3) is 0 Å². The third-order valence-electron chi connectivity index (χ3n) is 4.08. The number of aliphatic imine (C=N–C) groups is 1. The third-order valence-corrected chi connectivity index (χ3v) is 4.08. The molecule has 0 saturated heterocycles. The lowest BCUT2D eigenvalue weighted by atomic mass is 10.1. The lowest BCUT2D eigenvalue weighted by Crippen LogP contribution is -2.37. The molecule has 0 amide bonds. The van der Waals surface area contributed by atoms with Gasteiger partial charge in [-0.05, 0) is 35.7 Å². The van der Waals surface area contributed by atoms with Crippen molar-refractivity contribution in [2.24, 2.45) is 4.99 Å². The minimum atomic E-state index is -0.220. The Bertz CT molecular complexity index is 853. The quantitative estimate of drug-likeness (QED) is 0.552. The number of nitrogens with one attached hydrogen (secondary N) is 2. The van der Waals surface area contributed by atoms with E-state index in [0.29, 0.717) is 6.54 Å². The van der Waals surface area contributed by atoms with Gasteiger partial charge in [-0.1, -0.05) is 30.3 Å². The van der Waals surface area contributed by atoms with Crippen molar-refractivity contribution in [1.29, 1.82) is 0 Å². The fourth-order valence-electron chi connectivity index (χ4n) is 2.78. The number of halogens is 1. The Morgan fingerprint density at radius 2 is 1.96 bits per heavy atom. The van der Waals surface area contributed by atoms with E-state index in [1.165, 1.54) is 23.3 Å². The van der Waals surface area contributed by atoms with E-state index in [-0.39, 0.29) is 5.82 Å². The number of guanidine groups is 1. The largest absolute Gasteiger partial charge is 0.361 e. The van der Waals surface area contributed by atoms with Crippen molar-refractivity contribution in [3.05, 3.63) is 71.7 Å². The van der Waals surface area contributed by atoms with Gasteiger partial charge in [0.15, 0.2) is 5.96 Å². The first-order chi connectivity index (χ1) is 12.1. The lowest BCUT2D eigenvalue weighted by Gasteiger charge is -2.17. The number of aromatic amines is 1. The maximum absolute atomic E-state index is 13.3. The van der Waals surface area contributed by atoms with Crippen molar-refractivity contribution in [2.75, 3.05) is 20.6 Å². The van der Waals surface area contributed by atoms with Crippen molar-refractivity contribution in [2.45, 2.75) is 13.0 Å². The number of hydrogen-bond acceptors (Lipinski definition) is 1. The third kappa shape index (κ3) is 4.38. The van der Waals surface area contributed by atoms with Crippen molar-refractivity contribution in [3.8, 4) is 0 Å². The van der Waals surface area contributed by atoms with Gasteiger partial charge >= 0.3 is 0 Å². The summed E-state index contributed by atoms with van der Waals surface area (Å²) in [6, 6.07) is 15.0. The topological polar surface area (TPSA) is 43.4 Å². The maximum Gasteiger partial charge on any atom is 0.193 e. The molecule has 3 aromatic rings. The van der Waals surface area contributed by atoms with Crippen LogP contribution >= 0.6 is 0 Å². The molecule has 3 rings (SSSR count). The van der Waals surface area contributed by atoms with E-state index in [1.807, 2.05) is 49.5 Å². The van der Waals surface area contributed by atoms with Crippen LogP contribution in [-0.2, 0) is 13.0 Å². The zero-order valence-electron chi connectivity index (χ0n) is 14.6. The molecule has 130 valence electrons. The Hall–Kier alpha value is -2.82. The average Bonchev–Trinajstić information content (AvgIpc) is 3.00. The molecule has 0 aliphatic carbocycles. The van der Waals surface area contributed by atoms with E-state index in [9.17, 15) is 4.39 Å². The molecule has 4 nitrogen and oxygen atoms in total. The molecule has 1 aromatic heterocycles. The molecule has 2 N–H and O–H groups in total. The Morgan fingerprint density at radius 3 is 2.72 bits per heavy atom. The van der Waals surface area contributed by atoms with Gasteiger partial charge in [-0.2, -0.15) is 0 Å². The summed E-state index contributed by atoms with van der Waals surface area (Å²) in [7, 11) is 3.95. The molecule has 0 bridgehead atoms. The highest BCUT2D eigenvalue weighted by molar-refractivity contribution is 5.83. The van der Waals surface area contributed by atoms with Gasteiger partial charge in [0.1, 0.15) is 5.82 Å². The van der Waals surface area contributed by atoms with Crippen LogP contribution < -0.4 is 5.32 Å². The molecule has 2 aromatic carbocycles. The maximum atomic E-state index is 13.3. The highest BCUT2D eigenvalue weighted by Gasteiger charge is 2.06. The van der Waals surface area contributed by atoms with Gasteiger partial charge in [0.05, 0.1) is 6.54 Å². The summed E-state index contributed by atoms with van der Waals surface area (Å²) in [6.45, 7) is 1.41. The second-order valence-corrected chi connectivity index (χ2v) is 6.20. The fourth-order valence-corrected chi connectivity index (χ4v) is 2.78. The lowest BCUT2D eigenvalue weighted by molar-refractivity contribution is 0.579. The first-order valence-electron chi connectivity index (χ1n) is 8.38. The summed E-state index contributed by atoms with van der Waals surface area (Å²) < 4.78 is 13.3. The van der Waals surface area contributed by atoms with Crippen LogP contribution in [-0.4, -0.2) is 36.5 Å². The number of nitrogens with zero attached hydrogens (tertiary/aromatic N) is 2. The predicted octanol–water partition coefficient (Wildman–Crippen LogP) is 3.56. The van der Waals surface area contributed by atoms with Crippen LogP contribution in [0.4, 0.5) is 4.39 Å². The first-order valence-corrected chi connectivity index (χ1v) is 8.38. The zero-order valence-corrected chi connectivity index (χ0v) is 14.6. The van der Waals surface area contributed by atoms with Crippen molar-refractivity contribution in [1.82, 2.24) is 15.2 Å². The molecule has 0 aliphatic rings. The monoisotopic (exact) mass is 338 g/mol. The van der Waals surface area contributed by atoms with E-state index in [4.69, 9.17) is 0 Å². The zero-order chi connectivity index (χ0) is 17.6. The van der Waals surface area contributed by atoms with Crippen molar-refractivity contribution in [3.63, 3.8) is 0 Å². The van der Waals surface area contributed by atoms with Gasteiger partial charge in [0.2, 0.25) is 0 Å². The second-order valence-electron chi connectivity index (χ2n) is 6.20. The number of benzene rings is 2. The Morgan fingerprint density at radius 1 is 1.16 bits per heavy atom. The van der Waals surface area contributed by atoms with Crippen LogP contribution in [0.2, 0.25) is 0 Å².